The minimum Gasteiger partial charge on any atom is -0.535 e. The number of Topliss-reactive ketones (excluding diaryl/α,β-unsaturated/α-hetero) is 1. The van der Waals surface area contributed by atoms with Crippen molar-refractivity contribution in [2.24, 2.45) is 0 Å². The summed E-state index contributed by atoms with van der Waals surface area (Å²) < 4.78 is 10.9. The van der Waals surface area contributed by atoms with E-state index in [-0.39, 0.29) is 18.0 Å². The quantitative estimate of drug-likeness (QED) is 0.450. The molecule has 1 aliphatic heterocycles. The molecule has 0 radical (unpaired) electrons. The van der Waals surface area contributed by atoms with Gasteiger partial charge in [0.25, 0.3) is 0 Å². The van der Waals surface area contributed by atoms with E-state index in [1.807, 2.05) is 6.07 Å². The Labute approximate surface area is 143 Å². The standard InChI is InChI=1S/C18H25BO5/c1-3-5-6-10-23-18(21)16-9-7-8-13-11-14(12-15(20)4-2)19(22)24-17(13)16/h7-9,14,22H,3-6,10-12H2,1-2H3/t14-/m1/s1. The molecule has 0 bridgehead atoms. The Morgan fingerprint density at radius 1 is 1.33 bits per heavy atom. The molecule has 24 heavy (non-hydrogen) atoms. The molecule has 0 spiro atoms. The largest absolute Gasteiger partial charge is 0.535 e. The maximum absolute atomic E-state index is 12.3. The highest BCUT2D eigenvalue weighted by atomic mass is 16.5. The summed E-state index contributed by atoms with van der Waals surface area (Å²) in [5.74, 6) is -0.234. The molecule has 2 rings (SSSR count). The molecule has 1 heterocycles. The van der Waals surface area contributed by atoms with E-state index < -0.39 is 13.1 Å². The molecule has 130 valence electrons. The fraction of sp³-hybridized carbons (Fsp3) is 0.556. The first-order chi connectivity index (χ1) is 11.6. The lowest BCUT2D eigenvalue weighted by Crippen LogP contribution is -2.35. The molecular formula is C18H25BO5. The van der Waals surface area contributed by atoms with E-state index in [0.717, 1.165) is 24.8 Å². The Balaban J connectivity index is 2.09. The first-order valence-corrected chi connectivity index (χ1v) is 8.72. The van der Waals surface area contributed by atoms with Gasteiger partial charge in [0.2, 0.25) is 0 Å². The zero-order valence-corrected chi connectivity index (χ0v) is 14.4. The number of fused-ring (bicyclic) bond motifs is 1. The van der Waals surface area contributed by atoms with Gasteiger partial charge in [-0.15, -0.1) is 0 Å². The first-order valence-electron chi connectivity index (χ1n) is 8.72. The molecule has 1 atom stereocenters. The molecule has 1 aliphatic rings. The summed E-state index contributed by atoms with van der Waals surface area (Å²) in [6.45, 7) is 4.27. The highest BCUT2D eigenvalue weighted by molar-refractivity contribution is 6.47. The van der Waals surface area contributed by atoms with Gasteiger partial charge in [0.1, 0.15) is 17.1 Å². The van der Waals surface area contributed by atoms with Crippen LogP contribution < -0.4 is 4.65 Å². The van der Waals surface area contributed by atoms with Crippen LogP contribution in [-0.4, -0.2) is 30.5 Å². The van der Waals surface area contributed by atoms with Crippen LogP contribution in [0.5, 0.6) is 5.75 Å². The van der Waals surface area contributed by atoms with E-state index in [9.17, 15) is 14.6 Å². The number of hydrogen-bond donors (Lipinski definition) is 1. The maximum Gasteiger partial charge on any atom is 0.526 e. The molecular weight excluding hydrogens is 307 g/mol. The SMILES string of the molecule is CCCCCOC(=O)c1cccc2c1OB(O)[C@@H](CC(=O)CC)C2. The van der Waals surface area contributed by atoms with Crippen molar-refractivity contribution in [3.05, 3.63) is 29.3 Å². The Morgan fingerprint density at radius 3 is 2.83 bits per heavy atom. The van der Waals surface area contributed by atoms with Crippen LogP contribution in [0, 0.1) is 0 Å². The van der Waals surface area contributed by atoms with E-state index in [4.69, 9.17) is 9.39 Å². The monoisotopic (exact) mass is 332 g/mol. The summed E-state index contributed by atoms with van der Waals surface area (Å²) in [6.07, 6.45) is 4.15. The van der Waals surface area contributed by atoms with E-state index in [1.165, 1.54) is 0 Å². The third-order valence-corrected chi connectivity index (χ3v) is 4.31. The first kappa shape index (κ1) is 18.5. The third kappa shape index (κ3) is 4.60. The molecule has 0 unspecified atom stereocenters. The molecule has 1 aromatic carbocycles. The van der Waals surface area contributed by atoms with Gasteiger partial charge in [0, 0.05) is 18.7 Å². The molecule has 0 aliphatic carbocycles. The van der Waals surface area contributed by atoms with Crippen molar-refractivity contribution < 1.29 is 24.0 Å². The highest BCUT2D eigenvalue weighted by Crippen LogP contribution is 2.36. The lowest BCUT2D eigenvalue weighted by Gasteiger charge is -2.28. The van der Waals surface area contributed by atoms with Crippen LogP contribution in [0.25, 0.3) is 0 Å². The van der Waals surface area contributed by atoms with Crippen molar-refractivity contribution in [3.8, 4) is 5.75 Å². The summed E-state index contributed by atoms with van der Waals surface area (Å²) in [5, 5.41) is 10.2. The third-order valence-electron chi connectivity index (χ3n) is 4.31. The van der Waals surface area contributed by atoms with Crippen LogP contribution in [-0.2, 0) is 16.0 Å². The summed E-state index contributed by atoms with van der Waals surface area (Å²) in [7, 11) is -1.08. The number of carbonyl (C=O) groups excluding carboxylic acids is 2. The van der Waals surface area contributed by atoms with Gasteiger partial charge >= 0.3 is 13.1 Å². The van der Waals surface area contributed by atoms with Gasteiger partial charge in [0.05, 0.1) is 6.61 Å². The average molecular weight is 332 g/mol. The van der Waals surface area contributed by atoms with Crippen molar-refractivity contribution >= 4 is 18.9 Å². The Bertz CT molecular complexity index is 587. The second-order valence-electron chi connectivity index (χ2n) is 6.21. The van der Waals surface area contributed by atoms with E-state index in [2.05, 4.69) is 6.92 Å². The normalized spacial score (nSPS) is 16.3. The second kappa shape index (κ2) is 8.88. The lowest BCUT2D eigenvalue weighted by molar-refractivity contribution is -0.118. The van der Waals surface area contributed by atoms with Crippen molar-refractivity contribution in [2.75, 3.05) is 6.61 Å². The van der Waals surface area contributed by atoms with E-state index >= 15 is 0 Å². The number of ketones is 1. The van der Waals surface area contributed by atoms with E-state index in [0.29, 0.717) is 30.8 Å². The molecule has 5 nitrogen and oxygen atoms in total. The smallest absolute Gasteiger partial charge is 0.526 e. The van der Waals surface area contributed by atoms with Gasteiger partial charge in [0.15, 0.2) is 0 Å². The predicted octanol–water partition coefficient (Wildman–Crippen LogP) is 3.19. The predicted molar refractivity (Wildman–Crippen MR) is 92.2 cm³/mol. The maximum atomic E-state index is 12.3. The molecule has 0 saturated carbocycles. The number of carbonyl (C=O) groups is 2. The lowest BCUT2D eigenvalue weighted by atomic mass is 9.64. The number of esters is 1. The van der Waals surface area contributed by atoms with Crippen LogP contribution in [0.1, 0.15) is 61.9 Å². The molecule has 6 heteroatoms. The van der Waals surface area contributed by atoms with Crippen LogP contribution in [0.4, 0.5) is 0 Å². The minimum absolute atomic E-state index is 0.0950. The molecule has 0 aromatic heterocycles. The summed E-state index contributed by atoms with van der Waals surface area (Å²) in [4.78, 5) is 23.9. The number of para-hydroxylation sites is 1. The second-order valence-corrected chi connectivity index (χ2v) is 6.21. The van der Waals surface area contributed by atoms with Crippen LogP contribution in [0.15, 0.2) is 18.2 Å². The Morgan fingerprint density at radius 2 is 2.12 bits per heavy atom. The fourth-order valence-electron chi connectivity index (χ4n) is 2.85. The molecule has 1 N–H and O–H groups in total. The van der Waals surface area contributed by atoms with Gasteiger partial charge in [-0.25, -0.2) is 4.79 Å². The van der Waals surface area contributed by atoms with Crippen LogP contribution in [0.2, 0.25) is 5.82 Å². The number of unbranched alkanes of at least 4 members (excludes halogenated alkanes) is 2. The molecule has 1 aromatic rings. The fourth-order valence-corrected chi connectivity index (χ4v) is 2.85. The highest BCUT2D eigenvalue weighted by Gasteiger charge is 2.37. The van der Waals surface area contributed by atoms with Gasteiger partial charge in [-0.3, -0.25) is 4.79 Å². The van der Waals surface area contributed by atoms with Crippen molar-refractivity contribution in [1.82, 2.24) is 0 Å². The molecule has 0 amide bonds. The van der Waals surface area contributed by atoms with Gasteiger partial charge in [-0.05, 0) is 24.5 Å². The van der Waals surface area contributed by atoms with Gasteiger partial charge in [-0.2, -0.15) is 0 Å². The Hall–Kier alpha value is -1.82. The minimum atomic E-state index is -1.08. The van der Waals surface area contributed by atoms with Crippen LogP contribution in [0.3, 0.4) is 0 Å². The zero-order valence-electron chi connectivity index (χ0n) is 14.4. The number of benzene rings is 1. The number of hydrogen-bond acceptors (Lipinski definition) is 5. The number of ether oxygens (including phenoxy) is 1. The van der Waals surface area contributed by atoms with Crippen molar-refractivity contribution in [3.63, 3.8) is 0 Å². The topological polar surface area (TPSA) is 72.8 Å². The van der Waals surface area contributed by atoms with Gasteiger partial charge < -0.3 is 14.4 Å². The van der Waals surface area contributed by atoms with Gasteiger partial charge in [-0.1, -0.05) is 38.8 Å². The van der Waals surface area contributed by atoms with Crippen molar-refractivity contribution in [2.45, 2.75) is 58.2 Å². The van der Waals surface area contributed by atoms with Crippen LogP contribution >= 0.6 is 0 Å². The number of rotatable bonds is 8. The van der Waals surface area contributed by atoms with E-state index in [1.54, 1.807) is 19.1 Å². The summed E-state index contributed by atoms with van der Waals surface area (Å²) >= 11 is 0. The average Bonchev–Trinajstić information content (AvgIpc) is 2.58. The zero-order chi connectivity index (χ0) is 17.5. The summed E-state index contributed by atoms with van der Waals surface area (Å²) in [6, 6.07) is 5.28. The van der Waals surface area contributed by atoms with Crippen molar-refractivity contribution in [1.29, 1.82) is 0 Å². The Kier molecular flexibility index (Phi) is 6.85. The molecule has 0 fully saturated rings. The molecule has 0 saturated heterocycles. The summed E-state index contributed by atoms with van der Waals surface area (Å²) in [5.41, 5.74) is 1.17.